The predicted octanol–water partition coefficient (Wildman–Crippen LogP) is 3.34. The first kappa shape index (κ1) is 15.4. The van der Waals surface area contributed by atoms with Crippen LogP contribution in [0.2, 0.25) is 0 Å². The number of aryl methyl sites for hydroxylation is 1. The fourth-order valence-electron chi connectivity index (χ4n) is 2.02. The van der Waals surface area contributed by atoms with E-state index >= 15 is 0 Å². The van der Waals surface area contributed by atoms with E-state index in [1.165, 1.54) is 11.3 Å². The number of hydrogen-bond donors (Lipinski definition) is 1. The Morgan fingerprint density at radius 3 is 2.71 bits per heavy atom. The molecular formula is C15H20N4OS. The fourth-order valence-corrected chi connectivity index (χ4v) is 2.74. The van der Waals surface area contributed by atoms with E-state index < -0.39 is 0 Å². The minimum atomic E-state index is -0.103. The lowest BCUT2D eigenvalue weighted by Crippen LogP contribution is -2.31. The van der Waals surface area contributed by atoms with Crippen molar-refractivity contribution in [1.82, 2.24) is 10.2 Å². The second-order valence-corrected chi connectivity index (χ2v) is 5.65. The smallest absolute Gasteiger partial charge is 0.289 e. The molecule has 1 heterocycles. The summed E-state index contributed by atoms with van der Waals surface area (Å²) in [6.07, 6.45) is 1.01. The lowest BCUT2D eigenvalue weighted by Gasteiger charge is -2.21. The molecule has 0 unspecified atom stereocenters. The van der Waals surface area contributed by atoms with Crippen LogP contribution in [0.5, 0.6) is 0 Å². The molecule has 1 N–H and O–H groups in total. The topological polar surface area (TPSA) is 58.1 Å². The van der Waals surface area contributed by atoms with Gasteiger partial charge in [-0.2, -0.15) is 0 Å². The van der Waals surface area contributed by atoms with Crippen molar-refractivity contribution in [3.8, 4) is 0 Å². The second kappa shape index (κ2) is 7.17. The van der Waals surface area contributed by atoms with Crippen LogP contribution in [0.25, 0.3) is 0 Å². The Bertz CT molecular complexity index is 611. The van der Waals surface area contributed by atoms with Crippen molar-refractivity contribution in [1.29, 1.82) is 0 Å². The number of rotatable bonds is 6. The molecule has 112 valence electrons. The molecule has 0 spiro atoms. The van der Waals surface area contributed by atoms with E-state index in [9.17, 15) is 4.79 Å². The standard InChI is InChI=1S/C15H20N4OS/c1-4-10-16-15-18-17-13(21-15)14(20)19(5-2)12-9-7-6-8-11(12)3/h6-9H,4-5,10H2,1-3H3,(H,16,18). The molecule has 5 nitrogen and oxygen atoms in total. The molecule has 0 aliphatic rings. The molecule has 0 aliphatic carbocycles. The van der Waals surface area contributed by atoms with Gasteiger partial charge in [0.15, 0.2) is 0 Å². The quantitative estimate of drug-likeness (QED) is 0.889. The van der Waals surface area contributed by atoms with Crippen LogP contribution < -0.4 is 10.2 Å². The molecule has 0 saturated carbocycles. The van der Waals surface area contributed by atoms with Crippen LogP contribution in [-0.4, -0.2) is 29.2 Å². The Balaban J connectivity index is 2.20. The predicted molar refractivity (Wildman–Crippen MR) is 87.2 cm³/mol. The molecule has 0 saturated heterocycles. The van der Waals surface area contributed by atoms with Gasteiger partial charge in [-0.3, -0.25) is 4.79 Å². The van der Waals surface area contributed by atoms with Crippen LogP contribution in [0.4, 0.5) is 10.8 Å². The maximum atomic E-state index is 12.6. The number of para-hydroxylation sites is 1. The molecule has 1 aromatic heterocycles. The summed E-state index contributed by atoms with van der Waals surface area (Å²) in [5.41, 5.74) is 1.99. The van der Waals surface area contributed by atoms with E-state index in [0.29, 0.717) is 16.7 Å². The number of nitrogens with one attached hydrogen (secondary N) is 1. The molecule has 0 fully saturated rings. The van der Waals surface area contributed by atoms with Crippen LogP contribution in [-0.2, 0) is 0 Å². The third kappa shape index (κ3) is 3.58. The van der Waals surface area contributed by atoms with Crippen molar-refractivity contribution in [3.63, 3.8) is 0 Å². The summed E-state index contributed by atoms with van der Waals surface area (Å²) < 4.78 is 0. The van der Waals surface area contributed by atoms with Gasteiger partial charge in [0.05, 0.1) is 0 Å². The van der Waals surface area contributed by atoms with Crippen LogP contribution in [0.15, 0.2) is 24.3 Å². The van der Waals surface area contributed by atoms with Gasteiger partial charge in [-0.1, -0.05) is 36.5 Å². The molecule has 0 atom stereocenters. The van der Waals surface area contributed by atoms with Gasteiger partial charge in [0.2, 0.25) is 10.1 Å². The first-order valence-corrected chi connectivity index (χ1v) is 7.93. The Morgan fingerprint density at radius 1 is 1.29 bits per heavy atom. The summed E-state index contributed by atoms with van der Waals surface area (Å²) in [6, 6.07) is 7.86. The molecule has 0 bridgehead atoms. The first-order chi connectivity index (χ1) is 10.2. The van der Waals surface area contributed by atoms with Crippen molar-refractivity contribution in [2.45, 2.75) is 27.2 Å². The number of amides is 1. The molecule has 1 aromatic carbocycles. The SMILES string of the molecule is CCCNc1nnc(C(=O)N(CC)c2ccccc2C)s1. The number of anilines is 2. The second-order valence-electron chi connectivity index (χ2n) is 4.68. The molecule has 2 aromatic rings. The largest absolute Gasteiger partial charge is 0.360 e. The van der Waals surface area contributed by atoms with Crippen LogP contribution in [0.3, 0.4) is 0 Å². The van der Waals surface area contributed by atoms with Gasteiger partial charge in [-0.25, -0.2) is 0 Å². The van der Waals surface area contributed by atoms with Crippen LogP contribution in [0.1, 0.15) is 35.6 Å². The highest BCUT2D eigenvalue weighted by molar-refractivity contribution is 7.17. The first-order valence-electron chi connectivity index (χ1n) is 7.12. The molecule has 0 radical (unpaired) electrons. The minimum absolute atomic E-state index is 0.103. The molecular weight excluding hydrogens is 284 g/mol. The third-order valence-corrected chi connectivity index (χ3v) is 3.97. The summed E-state index contributed by atoms with van der Waals surface area (Å²) in [5.74, 6) is -0.103. The Kier molecular flexibility index (Phi) is 5.27. The normalized spacial score (nSPS) is 10.4. The number of carbonyl (C=O) groups excluding carboxylic acids is 1. The number of aromatic nitrogens is 2. The number of hydrogen-bond acceptors (Lipinski definition) is 5. The maximum Gasteiger partial charge on any atom is 0.289 e. The van der Waals surface area contributed by atoms with Crippen molar-refractivity contribution < 1.29 is 4.79 Å². The van der Waals surface area contributed by atoms with E-state index in [-0.39, 0.29) is 5.91 Å². The minimum Gasteiger partial charge on any atom is -0.360 e. The third-order valence-electron chi connectivity index (χ3n) is 3.10. The summed E-state index contributed by atoms with van der Waals surface area (Å²) in [7, 11) is 0. The zero-order valence-corrected chi connectivity index (χ0v) is 13.4. The summed E-state index contributed by atoms with van der Waals surface area (Å²) in [6.45, 7) is 7.47. The van der Waals surface area contributed by atoms with Gasteiger partial charge in [0, 0.05) is 18.8 Å². The summed E-state index contributed by atoms with van der Waals surface area (Å²) in [5, 5.41) is 12.3. The number of benzene rings is 1. The highest BCUT2D eigenvalue weighted by Gasteiger charge is 2.21. The average Bonchev–Trinajstić information content (AvgIpc) is 2.96. The molecule has 21 heavy (non-hydrogen) atoms. The van der Waals surface area contributed by atoms with E-state index in [2.05, 4.69) is 22.4 Å². The van der Waals surface area contributed by atoms with E-state index in [1.807, 2.05) is 38.1 Å². The summed E-state index contributed by atoms with van der Waals surface area (Å²) in [4.78, 5) is 14.4. The lowest BCUT2D eigenvalue weighted by molar-refractivity contribution is 0.0987. The van der Waals surface area contributed by atoms with Crippen molar-refractivity contribution in [3.05, 3.63) is 34.8 Å². The zero-order chi connectivity index (χ0) is 15.2. The van der Waals surface area contributed by atoms with Gasteiger partial charge >= 0.3 is 0 Å². The van der Waals surface area contributed by atoms with Crippen LogP contribution in [0, 0.1) is 6.92 Å². The van der Waals surface area contributed by atoms with E-state index in [1.54, 1.807) is 4.90 Å². The molecule has 1 amide bonds. The van der Waals surface area contributed by atoms with Crippen molar-refractivity contribution >= 4 is 28.1 Å². The summed E-state index contributed by atoms with van der Waals surface area (Å²) >= 11 is 1.30. The van der Waals surface area contributed by atoms with Gasteiger partial charge in [0.25, 0.3) is 5.91 Å². The zero-order valence-electron chi connectivity index (χ0n) is 12.6. The number of nitrogens with zero attached hydrogens (tertiary/aromatic N) is 3. The van der Waals surface area contributed by atoms with E-state index in [4.69, 9.17) is 0 Å². The van der Waals surface area contributed by atoms with Gasteiger partial charge < -0.3 is 10.2 Å². The van der Waals surface area contributed by atoms with Gasteiger partial charge in [-0.05, 0) is 31.9 Å². The number of carbonyl (C=O) groups is 1. The Labute approximate surface area is 129 Å². The molecule has 6 heteroatoms. The molecule has 0 aliphatic heterocycles. The van der Waals surface area contributed by atoms with E-state index in [0.717, 1.165) is 24.2 Å². The highest BCUT2D eigenvalue weighted by atomic mass is 32.1. The van der Waals surface area contributed by atoms with Crippen molar-refractivity contribution in [2.75, 3.05) is 23.3 Å². The lowest BCUT2D eigenvalue weighted by atomic mass is 10.2. The fraction of sp³-hybridized carbons (Fsp3) is 0.400. The van der Waals surface area contributed by atoms with Gasteiger partial charge in [0.1, 0.15) is 0 Å². The Hall–Kier alpha value is -1.95. The van der Waals surface area contributed by atoms with Crippen LogP contribution >= 0.6 is 11.3 Å². The maximum absolute atomic E-state index is 12.6. The highest BCUT2D eigenvalue weighted by Crippen LogP contribution is 2.23. The average molecular weight is 304 g/mol. The van der Waals surface area contributed by atoms with Crippen molar-refractivity contribution in [2.24, 2.45) is 0 Å². The Morgan fingerprint density at radius 2 is 2.05 bits per heavy atom. The monoisotopic (exact) mass is 304 g/mol. The molecule has 2 rings (SSSR count). The van der Waals surface area contributed by atoms with Gasteiger partial charge in [-0.15, -0.1) is 10.2 Å².